The number of aryl methyl sites for hydroxylation is 1. The topological polar surface area (TPSA) is 80.3 Å². The highest BCUT2D eigenvalue weighted by Gasteiger charge is 2.12. The highest BCUT2D eigenvalue weighted by atomic mass is 35.5. The van der Waals surface area contributed by atoms with Crippen LogP contribution in [0.2, 0.25) is 5.02 Å². The fourth-order valence-electron chi connectivity index (χ4n) is 2.40. The molecule has 1 aromatic heterocycles. The van der Waals surface area contributed by atoms with Gasteiger partial charge in [0, 0.05) is 21.7 Å². The van der Waals surface area contributed by atoms with Gasteiger partial charge in [-0.15, -0.1) is 11.3 Å². The molecule has 6 nitrogen and oxygen atoms in total. The molecule has 3 aromatic rings. The van der Waals surface area contributed by atoms with Crippen LogP contribution in [0, 0.1) is 6.92 Å². The molecule has 28 heavy (non-hydrogen) atoms. The van der Waals surface area contributed by atoms with Gasteiger partial charge < -0.3 is 10.1 Å². The molecule has 2 aromatic carbocycles. The van der Waals surface area contributed by atoms with E-state index in [0.717, 1.165) is 5.56 Å². The molecular formula is C20H18ClN3O3S. The lowest BCUT2D eigenvalue weighted by atomic mass is 10.2. The molecule has 8 heteroatoms. The maximum atomic E-state index is 12.3. The highest BCUT2D eigenvalue weighted by molar-refractivity contribution is 7.14. The first-order valence-corrected chi connectivity index (χ1v) is 9.66. The van der Waals surface area contributed by atoms with Gasteiger partial charge in [0.15, 0.2) is 5.13 Å². The van der Waals surface area contributed by atoms with E-state index in [4.69, 9.17) is 16.3 Å². The minimum absolute atomic E-state index is 0.0976. The van der Waals surface area contributed by atoms with Crippen molar-refractivity contribution >= 4 is 45.6 Å². The number of aromatic nitrogens is 1. The standard InChI is InChI=1S/C20H18ClN3O3S/c1-12-3-6-14(9-17(12)21)22-18(25)10-15-11-28-20(23-15)24-19(26)13-4-7-16(27-2)8-5-13/h3-9,11H,10H2,1-2H3,(H,22,25)(H,23,24,26). The molecule has 0 fully saturated rings. The van der Waals surface area contributed by atoms with Gasteiger partial charge >= 0.3 is 0 Å². The third-order valence-corrected chi connectivity index (χ3v) is 5.14. The number of hydrogen-bond acceptors (Lipinski definition) is 5. The lowest BCUT2D eigenvalue weighted by molar-refractivity contribution is -0.115. The van der Waals surface area contributed by atoms with E-state index in [2.05, 4.69) is 15.6 Å². The predicted octanol–water partition coefficient (Wildman–Crippen LogP) is 4.55. The third-order valence-electron chi connectivity index (χ3n) is 3.92. The lowest BCUT2D eigenvalue weighted by Crippen LogP contribution is -2.15. The van der Waals surface area contributed by atoms with Crippen LogP contribution in [-0.4, -0.2) is 23.9 Å². The smallest absolute Gasteiger partial charge is 0.257 e. The SMILES string of the molecule is COc1ccc(C(=O)Nc2nc(CC(=O)Nc3ccc(C)c(Cl)c3)cs2)cc1. The second-order valence-electron chi connectivity index (χ2n) is 6.02. The summed E-state index contributed by atoms with van der Waals surface area (Å²) >= 11 is 7.33. The molecule has 2 amide bonds. The Bertz CT molecular complexity index is 1000. The molecule has 0 unspecified atom stereocenters. The largest absolute Gasteiger partial charge is 0.497 e. The number of anilines is 2. The Morgan fingerprint density at radius 1 is 1.14 bits per heavy atom. The summed E-state index contributed by atoms with van der Waals surface area (Å²) < 4.78 is 5.08. The van der Waals surface area contributed by atoms with Crippen molar-refractivity contribution in [3.05, 3.63) is 69.7 Å². The van der Waals surface area contributed by atoms with Gasteiger partial charge in [0.25, 0.3) is 5.91 Å². The van der Waals surface area contributed by atoms with Crippen molar-refractivity contribution in [2.45, 2.75) is 13.3 Å². The van der Waals surface area contributed by atoms with Gasteiger partial charge in [-0.2, -0.15) is 0 Å². The molecular weight excluding hydrogens is 398 g/mol. The van der Waals surface area contributed by atoms with Gasteiger partial charge in [0.2, 0.25) is 5.91 Å². The van der Waals surface area contributed by atoms with Crippen LogP contribution in [0.25, 0.3) is 0 Å². The molecule has 2 N–H and O–H groups in total. The second-order valence-corrected chi connectivity index (χ2v) is 7.28. The Hall–Kier alpha value is -2.90. The number of thiazole rings is 1. The van der Waals surface area contributed by atoms with E-state index >= 15 is 0 Å². The summed E-state index contributed by atoms with van der Waals surface area (Å²) in [5, 5.41) is 8.28. The monoisotopic (exact) mass is 415 g/mol. The van der Waals surface area contributed by atoms with Crippen LogP contribution in [-0.2, 0) is 11.2 Å². The molecule has 0 aliphatic heterocycles. The van der Waals surface area contributed by atoms with Gasteiger partial charge in [0.05, 0.1) is 19.2 Å². The van der Waals surface area contributed by atoms with Crippen LogP contribution in [0.1, 0.15) is 21.6 Å². The average molecular weight is 416 g/mol. The van der Waals surface area contributed by atoms with Crippen molar-refractivity contribution in [2.24, 2.45) is 0 Å². The van der Waals surface area contributed by atoms with E-state index in [9.17, 15) is 9.59 Å². The van der Waals surface area contributed by atoms with E-state index in [1.165, 1.54) is 11.3 Å². The van der Waals surface area contributed by atoms with Gasteiger partial charge in [0.1, 0.15) is 5.75 Å². The van der Waals surface area contributed by atoms with Crippen molar-refractivity contribution in [2.75, 3.05) is 17.7 Å². The summed E-state index contributed by atoms with van der Waals surface area (Å²) in [6.45, 7) is 1.89. The van der Waals surface area contributed by atoms with Crippen LogP contribution in [0.3, 0.4) is 0 Å². The van der Waals surface area contributed by atoms with E-state index in [1.54, 1.807) is 48.9 Å². The number of methoxy groups -OCH3 is 1. The van der Waals surface area contributed by atoms with E-state index in [1.807, 2.05) is 13.0 Å². The van der Waals surface area contributed by atoms with Crippen molar-refractivity contribution in [3.8, 4) is 5.75 Å². The normalized spacial score (nSPS) is 10.4. The summed E-state index contributed by atoms with van der Waals surface area (Å²) in [6, 6.07) is 12.1. The number of carbonyl (C=O) groups is 2. The van der Waals surface area contributed by atoms with Gasteiger partial charge in [-0.05, 0) is 48.9 Å². The summed E-state index contributed by atoms with van der Waals surface area (Å²) in [7, 11) is 1.57. The number of carbonyl (C=O) groups excluding carboxylic acids is 2. The molecule has 0 atom stereocenters. The minimum Gasteiger partial charge on any atom is -0.497 e. The van der Waals surface area contributed by atoms with E-state index < -0.39 is 0 Å². The van der Waals surface area contributed by atoms with Crippen molar-refractivity contribution < 1.29 is 14.3 Å². The number of ether oxygens (including phenoxy) is 1. The summed E-state index contributed by atoms with van der Waals surface area (Å²) in [5.74, 6) is 0.189. The first kappa shape index (κ1) is 19.9. The number of halogens is 1. The second kappa shape index (κ2) is 8.86. The molecule has 0 bridgehead atoms. The van der Waals surface area contributed by atoms with Crippen LogP contribution < -0.4 is 15.4 Å². The number of rotatable bonds is 6. The Balaban J connectivity index is 1.57. The number of amides is 2. The number of hydrogen-bond donors (Lipinski definition) is 2. The Labute approximate surface area is 171 Å². The molecule has 0 spiro atoms. The maximum Gasteiger partial charge on any atom is 0.257 e. The molecule has 0 aliphatic carbocycles. The van der Waals surface area contributed by atoms with E-state index in [0.29, 0.717) is 32.8 Å². The first-order valence-electron chi connectivity index (χ1n) is 8.40. The van der Waals surface area contributed by atoms with E-state index in [-0.39, 0.29) is 18.2 Å². The zero-order valence-electron chi connectivity index (χ0n) is 15.3. The van der Waals surface area contributed by atoms with Crippen molar-refractivity contribution in [3.63, 3.8) is 0 Å². The summed E-state index contributed by atoms with van der Waals surface area (Å²) in [4.78, 5) is 28.8. The van der Waals surface area contributed by atoms with Gasteiger partial charge in [-0.1, -0.05) is 17.7 Å². The number of nitrogens with one attached hydrogen (secondary N) is 2. The molecule has 3 rings (SSSR count). The maximum absolute atomic E-state index is 12.3. The van der Waals surface area contributed by atoms with Gasteiger partial charge in [-0.3, -0.25) is 14.9 Å². The third kappa shape index (κ3) is 5.09. The quantitative estimate of drug-likeness (QED) is 0.619. The van der Waals surface area contributed by atoms with Crippen LogP contribution >= 0.6 is 22.9 Å². The Morgan fingerprint density at radius 2 is 1.89 bits per heavy atom. The van der Waals surface area contributed by atoms with Crippen molar-refractivity contribution in [1.82, 2.24) is 4.98 Å². The number of nitrogens with zero attached hydrogens (tertiary/aromatic N) is 1. The fraction of sp³-hybridized carbons (Fsp3) is 0.150. The molecule has 0 saturated heterocycles. The lowest BCUT2D eigenvalue weighted by Gasteiger charge is -2.06. The highest BCUT2D eigenvalue weighted by Crippen LogP contribution is 2.21. The molecule has 0 saturated carbocycles. The Morgan fingerprint density at radius 3 is 2.57 bits per heavy atom. The fourth-order valence-corrected chi connectivity index (χ4v) is 3.28. The molecule has 0 aliphatic rings. The number of benzene rings is 2. The summed E-state index contributed by atoms with van der Waals surface area (Å²) in [5.41, 5.74) is 2.64. The first-order chi connectivity index (χ1) is 13.4. The van der Waals surface area contributed by atoms with Crippen LogP contribution in [0.15, 0.2) is 47.8 Å². The zero-order valence-corrected chi connectivity index (χ0v) is 16.9. The molecule has 1 heterocycles. The predicted molar refractivity (Wildman–Crippen MR) is 112 cm³/mol. The average Bonchev–Trinajstić information content (AvgIpc) is 3.11. The summed E-state index contributed by atoms with van der Waals surface area (Å²) in [6.07, 6.45) is 0.0976. The van der Waals surface area contributed by atoms with Crippen LogP contribution in [0.5, 0.6) is 5.75 Å². The Kier molecular flexibility index (Phi) is 6.28. The molecule has 0 radical (unpaired) electrons. The minimum atomic E-state index is -0.276. The van der Waals surface area contributed by atoms with Crippen molar-refractivity contribution in [1.29, 1.82) is 0 Å². The zero-order chi connectivity index (χ0) is 20.1. The van der Waals surface area contributed by atoms with Crippen LogP contribution in [0.4, 0.5) is 10.8 Å². The van der Waals surface area contributed by atoms with Gasteiger partial charge in [-0.25, -0.2) is 4.98 Å². The molecule has 144 valence electrons.